The van der Waals surface area contributed by atoms with Crippen molar-refractivity contribution >= 4 is 23.5 Å². The zero-order valence-electron chi connectivity index (χ0n) is 19.7. The molecule has 0 saturated heterocycles. The van der Waals surface area contributed by atoms with E-state index in [0.717, 1.165) is 33.1 Å². The number of nitrogens with one attached hydrogen (secondary N) is 1. The maximum Gasteiger partial charge on any atom is 0.322 e. The van der Waals surface area contributed by atoms with Crippen LogP contribution in [0, 0.1) is 0 Å². The normalized spacial score (nSPS) is 14.9. The van der Waals surface area contributed by atoms with E-state index in [4.69, 9.17) is 0 Å². The number of carbonyl (C=O) groups excluding carboxylic acids is 1. The number of aromatic nitrogens is 1. The quantitative estimate of drug-likeness (QED) is 0.316. The van der Waals surface area contributed by atoms with Crippen LogP contribution in [0.4, 0.5) is 10.5 Å². The first-order valence-corrected chi connectivity index (χ1v) is 12.8. The summed E-state index contributed by atoms with van der Waals surface area (Å²) in [5, 5.41) is 3.16. The fourth-order valence-electron chi connectivity index (χ4n) is 4.65. The first-order valence-electron chi connectivity index (χ1n) is 11.6. The Kier molecular flexibility index (Phi) is 6.20. The van der Waals surface area contributed by atoms with Gasteiger partial charge in [0, 0.05) is 22.5 Å². The summed E-state index contributed by atoms with van der Waals surface area (Å²) in [5.41, 5.74) is 6.51. The topological polar surface area (TPSA) is 37.3 Å². The van der Waals surface area contributed by atoms with Gasteiger partial charge in [-0.3, -0.25) is 0 Å². The summed E-state index contributed by atoms with van der Waals surface area (Å²) in [6, 6.07) is 28.9. The van der Waals surface area contributed by atoms with Crippen LogP contribution in [-0.2, 0) is 6.54 Å². The lowest BCUT2D eigenvalue weighted by atomic mass is 9.97. The summed E-state index contributed by atoms with van der Waals surface area (Å²) >= 11 is 1.66. The molecule has 0 bridgehead atoms. The van der Waals surface area contributed by atoms with E-state index in [1.165, 1.54) is 5.56 Å². The predicted molar refractivity (Wildman–Crippen MR) is 141 cm³/mol. The molecule has 3 aromatic carbocycles. The van der Waals surface area contributed by atoms with E-state index < -0.39 is 0 Å². The van der Waals surface area contributed by atoms with Gasteiger partial charge in [0.25, 0.3) is 0 Å². The largest absolute Gasteiger partial charge is 0.322 e. The van der Waals surface area contributed by atoms with E-state index in [0.29, 0.717) is 12.5 Å². The van der Waals surface area contributed by atoms with Crippen LogP contribution in [0.3, 0.4) is 0 Å². The fourth-order valence-corrected chi connectivity index (χ4v) is 5.11. The molecular formula is C29H29N3OS. The Hall–Kier alpha value is -3.44. The molecule has 2 heterocycles. The first kappa shape index (κ1) is 22.4. The van der Waals surface area contributed by atoms with E-state index in [-0.39, 0.29) is 12.1 Å². The van der Waals surface area contributed by atoms with E-state index in [2.05, 4.69) is 90.6 Å². The van der Waals surface area contributed by atoms with Gasteiger partial charge in [0.1, 0.15) is 0 Å². The van der Waals surface area contributed by atoms with Gasteiger partial charge < -0.3 is 14.8 Å². The average molecular weight is 468 g/mol. The molecule has 0 spiro atoms. The lowest BCUT2D eigenvalue weighted by molar-refractivity contribution is 0.194. The van der Waals surface area contributed by atoms with Crippen LogP contribution in [0.25, 0.3) is 5.69 Å². The second-order valence-corrected chi connectivity index (χ2v) is 9.83. The molecule has 5 heteroatoms. The Morgan fingerprint density at radius 1 is 0.971 bits per heavy atom. The van der Waals surface area contributed by atoms with Crippen LogP contribution in [0.5, 0.6) is 0 Å². The number of nitrogens with zero attached hydrogens (tertiary/aromatic N) is 2. The molecule has 0 aliphatic carbocycles. The van der Waals surface area contributed by atoms with E-state index in [1.54, 1.807) is 11.8 Å². The second-order valence-electron chi connectivity index (χ2n) is 8.95. The maximum atomic E-state index is 13.8. The average Bonchev–Trinajstić information content (AvgIpc) is 3.28. The molecule has 1 aliphatic rings. The molecule has 1 atom stereocenters. The molecule has 1 aliphatic heterocycles. The monoisotopic (exact) mass is 467 g/mol. The number of carbonyl (C=O) groups is 1. The van der Waals surface area contributed by atoms with Crippen molar-refractivity contribution in [2.45, 2.75) is 37.2 Å². The van der Waals surface area contributed by atoms with Crippen molar-refractivity contribution in [2.75, 3.05) is 11.6 Å². The lowest BCUT2D eigenvalue weighted by Gasteiger charge is -2.31. The Balaban J connectivity index is 1.60. The summed E-state index contributed by atoms with van der Waals surface area (Å²) in [6.45, 7) is 4.91. The number of rotatable bonds is 4. The highest BCUT2D eigenvalue weighted by Crippen LogP contribution is 2.37. The van der Waals surface area contributed by atoms with Crippen molar-refractivity contribution < 1.29 is 4.79 Å². The summed E-state index contributed by atoms with van der Waals surface area (Å²) in [6.07, 6.45) is 4.13. The van der Waals surface area contributed by atoms with Crippen molar-refractivity contribution in [3.05, 3.63) is 114 Å². The standard InChI is InChI=1S/C29H29N3OS/c1-20(2)21-13-15-22(16-14-21)28-27-12-7-17-31(27)26-11-5-4-8-23(26)19-32(28)29(33)30-24-9-6-10-25(18-24)34-3/h4-18,20,28H,19H2,1-3H3,(H,30,33)/t28-/m1/s1. The minimum atomic E-state index is -0.215. The number of anilines is 1. The van der Waals surface area contributed by atoms with Crippen molar-refractivity contribution in [1.82, 2.24) is 9.47 Å². The number of amides is 2. The number of fused-ring (bicyclic) bond motifs is 3. The molecule has 5 rings (SSSR count). The Labute approximate surface area is 205 Å². The molecule has 0 saturated carbocycles. The summed E-state index contributed by atoms with van der Waals surface area (Å²) in [4.78, 5) is 16.9. The molecule has 2 amide bonds. The third kappa shape index (κ3) is 4.24. The molecular weight excluding hydrogens is 438 g/mol. The molecule has 172 valence electrons. The number of urea groups is 1. The van der Waals surface area contributed by atoms with E-state index in [9.17, 15) is 4.79 Å². The number of hydrogen-bond acceptors (Lipinski definition) is 2. The maximum absolute atomic E-state index is 13.8. The third-order valence-corrected chi connectivity index (χ3v) is 7.19. The predicted octanol–water partition coefficient (Wildman–Crippen LogP) is 7.46. The summed E-state index contributed by atoms with van der Waals surface area (Å²) in [5.74, 6) is 0.458. The highest BCUT2D eigenvalue weighted by Gasteiger charge is 2.33. The molecule has 4 aromatic rings. The van der Waals surface area contributed by atoms with Gasteiger partial charge in [-0.15, -0.1) is 11.8 Å². The minimum Gasteiger partial charge on any atom is -0.318 e. The lowest BCUT2D eigenvalue weighted by Crippen LogP contribution is -2.37. The van der Waals surface area contributed by atoms with Gasteiger partial charge >= 0.3 is 6.03 Å². The number of thioether (sulfide) groups is 1. The fraction of sp³-hybridized carbons (Fsp3) is 0.207. The van der Waals surface area contributed by atoms with Gasteiger partial charge in [0.15, 0.2) is 0 Å². The van der Waals surface area contributed by atoms with Crippen LogP contribution < -0.4 is 5.32 Å². The molecule has 0 unspecified atom stereocenters. The third-order valence-electron chi connectivity index (χ3n) is 6.46. The first-order chi connectivity index (χ1) is 16.5. The molecule has 4 nitrogen and oxygen atoms in total. The van der Waals surface area contributed by atoms with Crippen molar-refractivity contribution in [2.24, 2.45) is 0 Å². The van der Waals surface area contributed by atoms with Gasteiger partial charge in [-0.05, 0) is 65.3 Å². The van der Waals surface area contributed by atoms with Gasteiger partial charge in [0.2, 0.25) is 0 Å². The number of para-hydroxylation sites is 1. The Bertz CT molecular complexity index is 1310. The Morgan fingerprint density at radius 2 is 1.76 bits per heavy atom. The van der Waals surface area contributed by atoms with Gasteiger partial charge in [0.05, 0.1) is 18.3 Å². The highest BCUT2D eigenvalue weighted by molar-refractivity contribution is 7.98. The van der Waals surface area contributed by atoms with Crippen molar-refractivity contribution in [3.8, 4) is 5.69 Å². The molecule has 0 fully saturated rings. The van der Waals surface area contributed by atoms with Crippen LogP contribution in [-0.4, -0.2) is 21.8 Å². The van der Waals surface area contributed by atoms with Crippen LogP contribution in [0.2, 0.25) is 0 Å². The molecule has 1 N–H and O–H groups in total. The zero-order chi connectivity index (χ0) is 23.7. The van der Waals surface area contributed by atoms with Crippen LogP contribution in [0.1, 0.15) is 48.2 Å². The van der Waals surface area contributed by atoms with Gasteiger partial charge in [-0.2, -0.15) is 0 Å². The van der Waals surface area contributed by atoms with E-state index in [1.807, 2.05) is 35.4 Å². The van der Waals surface area contributed by atoms with Gasteiger partial charge in [-0.1, -0.05) is 62.4 Å². The number of benzene rings is 3. The Morgan fingerprint density at radius 3 is 2.53 bits per heavy atom. The van der Waals surface area contributed by atoms with Crippen molar-refractivity contribution in [1.29, 1.82) is 0 Å². The second kappa shape index (κ2) is 9.43. The highest BCUT2D eigenvalue weighted by atomic mass is 32.2. The smallest absolute Gasteiger partial charge is 0.318 e. The number of hydrogen-bond donors (Lipinski definition) is 1. The molecule has 34 heavy (non-hydrogen) atoms. The van der Waals surface area contributed by atoms with Crippen molar-refractivity contribution in [3.63, 3.8) is 0 Å². The van der Waals surface area contributed by atoms with Crippen LogP contribution in [0.15, 0.2) is 96.0 Å². The molecule has 0 radical (unpaired) electrons. The SMILES string of the molecule is CSc1cccc(NC(=O)N2Cc3ccccc3-n3cccc3[C@H]2c2ccc(C(C)C)cc2)c1. The van der Waals surface area contributed by atoms with Crippen LogP contribution >= 0.6 is 11.8 Å². The zero-order valence-corrected chi connectivity index (χ0v) is 20.5. The summed E-state index contributed by atoms with van der Waals surface area (Å²) in [7, 11) is 0. The minimum absolute atomic E-state index is 0.111. The summed E-state index contributed by atoms with van der Waals surface area (Å²) < 4.78 is 2.22. The molecule has 1 aromatic heterocycles. The van der Waals surface area contributed by atoms with E-state index >= 15 is 0 Å². The van der Waals surface area contributed by atoms with Gasteiger partial charge in [-0.25, -0.2) is 4.79 Å².